The number of aliphatic hydroxyl groups excluding tert-OH is 2. The summed E-state index contributed by atoms with van der Waals surface area (Å²) in [5.74, 6) is -1.92. The van der Waals surface area contributed by atoms with Gasteiger partial charge in [-0.15, -0.1) is 0 Å². The van der Waals surface area contributed by atoms with Gasteiger partial charge in [-0.3, -0.25) is 0 Å². The topological polar surface area (TPSA) is 66.8 Å². The van der Waals surface area contributed by atoms with Gasteiger partial charge in [-0.1, -0.05) is 23.7 Å². The van der Waals surface area contributed by atoms with E-state index in [1.807, 2.05) is 0 Å². The third-order valence-corrected chi connectivity index (χ3v) is 2.33. The predicted molar refractivity (Wildman–Crippen MR) is 54.4 cm³/mol. The largest absolute Gasteiger partial charge is 0.467 e. The van der Waals surface area contributed by atoms with Gasteiger partial charge in [-0.2, -0.15) is 0 Å². The monoisotopic (exact) mass is 248 g/mol. The molecule has 0 amide bonds. The highest BCUT2D eigenvalue weighted by Crippen LogP contribution is 2.25. The summed E-state index contributed by atoms with van der Waals surface area (Å²) in [6, 6.07) is 3.91. The normalized spacial score (nSPS) is 14.3. The van der Waals surface area contributed by atoms with Crippen molar-refractivity contribution in [3.63, 3.8) is 0 Å². The van der Waals surface area contributed by atoms with E-state index in [-0.39, 0.29) is 10.6 Å². The highest BCUT2D eigenvalue weighted by molar-refractivity contribution is 6.30. The van der Waals surface area contributed by atoms with Crippen LogP contribution in [0.3, 0.4) is 0 Å². The summed E-state index contributed by atoms with van der Waals surface area (Å²) in [5.41, 5.74) is -0.259. The summed E-state index contributed by atoms with van der Waals surface area (Å²) in [5, 5.41) is 18.7. The first kappa shape index (κ1) is 12.9. The van der Waals surface area contributed by atoms with E-state index in [0.29, 0.717) is 0 Å². The lowest BCUT2D eigenvalue weighted by molar-refractivity contribution is -0.156. The van der Waals surface area contributed by atoms with E-state index in [9.17, 15) is 19.4 Å². The Morgan fingerprint density at radius 3 is 2.69 bits per heavy atom. The van der Waals surface area contributed by atoms with Gasteiger partial charge < -0.3 is 14.9 Å². The SMILES string of the molecule is COC(=O)C(O)C(O)c1cccc(Cl)c1F. The summed E-state index contributed by atoms with van der Waals surface area (Å²) in [6.45, 7) is 0. The van der Waals surface area contributed by atoms with Crippen molar-refractivity contribution in [1.29, 1.82) is 0 Å². The summed E-state index contributed by atoms with van der Waals surface area (Å²) >= 11 is 5.49. The molecule has 88 valence electrons. The maximum Gasteiger partial charge on any atom is 0.337 e. The molecule has 2 unspecified atom stereocenters. The standard InChI is InChI=1S/C10H10ClFO4/c1-16-10(15)9(14)8(13)5-3-2-4-6(11)7(5)12/h2-4,8-9,13-14H,1H3. The summed E-state index contributed by atoms with van der Waals surface area (Å²) in [7, 11) is 1.05. The third-order valence-electron chi connectivity index (χ3n) is 2.04. The van der Waals surface area contributed by atoms with E-state index >= 15 is 0 Å². The Kier molecular flexibility index (Phi) is 4.23. The van der Waals surface area contributed by atoms with Crippen LogP contribution in [0.1, 0.15) is 11.7 Å². The van der Waals surface area contributed by atoms with Crippen LogP contribution in [-0.2, 0) is 9.53 Å². The molecule has 6 heteroatoms. The second kappa shape index (κ2) is 5.25. The van der Waals surface area contributed by atoms with Crippen molar-refractivity contribution < 1.29 is 24.1 Å². The summed E-state index contributed by atoms with van der Waals surface area (Å²) in [6.07, 6.45) is -3.57. The average molecular weight is 249 g/mol. The molecule has 4 nitrogen and oxygen atoms in total. The molecule has 0 aliphatic heterocycles. The van der Waals surface area contributed by atoms with Crippen molar-refractivity contribution in [2.24, 2.45) is 0 Å². The molecule has 0 spiro atoms. The maximum absolute atomic E-state index is 13.4. The molecule has 1 aromatic carbocycles. The van der Waals surface area contributed by atoms with Gasteiger partial charge >= 0.3 is 5.97 Å². The lowest BCUT2D eigenvalue weighted by Crippen LogP contribution is -2.29. The van der Waals surface area contributed by atoms with Crippen LogP contribution in [0.5, 0.6) is 0 Å². The smallest absolute Gasteiger partial charge is 0.337 e. The van der Waals surface area contributed by atoms with E-state index < -0.39 is 24.0 Å². The fourth-order valence-electron chi connectivity index (χ4n) is 1.17. The van der Waals surface area contributed by atoms with Gasteiger partial charge in [0, 0.05) is 5.56 Å². The first-order valence-corrected chi connectivity index (χ1v) is 4.74. The van der Waals surface area contributed by atoms with Crippen LogP contribution >= 0.6 is 11.6 Å². The quantitative estimate of drug-likeness (QED) is 0.785. The molecule has 0 aliphatic carbocycles. The molecule has 2 N–H and O–H groups in total. The molecule has 0 bridgehead atoms. The van der Waals surface area contributed by atoms with Crippen LogP contribution in [-0.4, -0.2) is 29.4 Å². The van der Waals surface area contributed by atoms with Crippen molar-refractivity contribution in [1.82, 2.24) is 0 Å². The van der Waals surface area contributed by atoms with Gasteiger partial charge in [-0.25, -0.2) is 9.18 Å². The number of carbonyl (C=O) groups excluding carboxylic acids is 1. The number of carbonyl (C=O) groups is 1. The molecular formula is C10H10ClFO4. The first-order chi connectivity index (χ1) is 7.49. The number of rotatable bonds is 3. The number of hydrogen-bond acceptors (Lipinski definition) is 4. The molecule has 0 saturated carbocycles. The number of esters is 1. The minimum Gasteiger partial charge on any atom is -0.467 e. The lowest BCUT2D eigenvalue weighted by Gasteiger charge is -2.16. The molecule has 0 saturated heterocycles. The molecule has 2 atom stereocenters. The Morgan fingerprint density at radius 1 is 1.50 bits per heavy atom. The molecule has 0 heterocycles. The van der Waals surface area contributed by atoms with E-state index in [4.69, 9.17) is 11.6 Å². The van der Waals surface area contributed by atoms with Gasteiger partial charge in [0.1, 0.15) is 11.9 Å². The van der Waals surface area contributed by atoms with Crippen LogP contribution < -0.4 is 0 Å². The van der Waals surface area contributed by atoms with Crippen LogP contribution in [0.15, 0.2) is 18.2 Å². The van der Waals surface area contributed by atoms with E-state index in [1.54, 1.807) is 0 Å². The van der Waals surface area contributed by atoms with E-state index in [0.717, 1.165) is 7.11 Å². The number of aliphatic hydroxyl groups is 2. The van der Waals surface area contributed by atoms with Gasteiger partial charge in [-0.05, 0) is 6.07 Å². The van der Waals surface area contributed by atoms with E-state index in [2.05, 4.69) is 4.74 Å². The van der Waals surface area contributed by atoms with Gasteiger partial charge in [0.15, 0.2) is 6.10 Å². The van der Waals surface area contributed by atoms with Gasteiger partial charge in [0.05, 0.1) is 12.1 Å². The average Bonchev–Trinajstić information content (AvgIpc) is 2.29. The highest BCUT2D eigenvalue weighted by atomic mass is 35.5. The van der Waals surface area contributed by atoms with Crippen molar-refractivity contribution in [2.75, 3.05) is 7.11 Å². The van der Waals surface area contributed by atoms with Crippen LogP contribution in [0.25, 0.3) is 0 Å². The summed E-state index contributed by atoms with van der Waals surface area (Å²) < 4.78 is 17.6. The van der Waals surface area contributed by atoms with Gasteiger partial charge in [0.25, 0.3) is 0 Å². The number of methoxy groups -OCH3 is 1. The minimum absolute atomic E-state index is 0.200. The van der Waals surface area contributed by atoms with Crippen molar-refractivity contribution in [3.8, 4) is 0 Å². The van der Waals surface area contributed by atoms with Crippen molar-refractivity contribution >= 4 is 17.6 Å². The number of benzene rings is 1. The molecule has 1 aromatic rings. The minimum atomic E-state index is -1.85. The predicted octanol–water partition coefficient (Wildman–Crippen LogP) is 1.05. The Labute approximate surface area is 96.2 Å². The Balaban J connectivity index is 3.00. The number of ether oxygens (including phenoxy) is 1. The Hall–Kier alpha value is -1.17. The molecule has 16 heavy (non-hydrogen) atoms. The van der Waals surface area contributed by atoms with Crippen LogP contribution in [0.2, 0.25) is 5.02 Å². The Morgan fingerprint density at radius 2 is 2.12 bits per heavy atom. The molecule has 0 fully saturated rings. The fraction of sp³-hybridized carbons (Fsp3) is 0.300. The lowest BCUT2D eigenvalue weighted by atomic mass is 10.0. The fourth-order valence-corrected chi connectivity index (χ4v) is 1.35. The third kappa shape index (κ3) is 2.49. The summed E-state index contributed by atoms with van der Waals surface area (Å²) in [4.78, 5) is 10.9. The number of hydrogen-bond donors (Lipinski definition) is 2. The van der Waals surface area contributed by atoms with Crippen molar-refractivity contribution in [2.45, 2.75) is 12.2 Å². The first-order valence-electron chi connectivity index (χ1n) is 4.37. The van der Waals surface area contributed by atoms with Crippen LogP contribution in [0, 0.1) is 5.82 Å². The molecular weight excluding hydrogens is 239 g/mol. The van der Waals surface area contributed by atoms with Crippen LogP contribution in [0.4, 0.5) is 4.39 Å². The molecule has 0 radical (unpaired) electrons. The maximum atomic E-state index is 13.4. The zero-order valence-corrected chi connectivity index (χ0v) is 9.11. The molecule has 0 aliphatic rings. The number of halogens is 2. The van der Waals surface area contributed by atoms with Gasteiger partial charge in [0.2, 0.25) is 0 Å². The Bertz CT molecular complexity index is 396. The zero-order valence-electron chi connectivity index (χ0n) is 8.35. The molecule has 0 aromatic heterocycles. The second-order valence-corrected chi connectivity index (χ2v) is 3.46. The zero-order chi connectivity index (χ0) is 12.3. The highest BCUT2D eigenvalue weighted by Gasteiger charge is 2.29. The van der Waals surface area contributed by atoms with Crippen molar-refractivity contribution in [3.05, 3.63) is 34.6 Å². The van der Waals surface area contributed by atoms with E-state index in [1.165, 1.54) is 18.2 Å². The molecule has 1 rings (SSSR count). The second-order valence-electron chi connectivity index (χ2n) is 3.06.